The second-order valence-electron chi connectivity index (χ2n) is 6.10. The van der Waals surface area contributed by atoms with Crippen LogP contribution in [0.25, 0.3) is 0 Å². The van der Waals surface area contributed by atoms with Gasteiger partial charge in [0.25, 0.3) is 0 Å². The quantitative estimate of drug-likeness (QED) is 0.600. The topological polar surface area (TPSA) is 112 Å². The van der Waals surface area contributed by atoms with Crippen LogP contribution in [0.15, 0.2) is 0 Å². The monoisotopic (exact) mass is 390 g/mol. The summed E-state index contributed by atoms with van der Waals surface area (Å²) in [4.78, 5) is 51.6. The number of carbonyl (C=O) groups is 3. The highest BCUT2D eigenvalue weighted by molar-refractivity contribution is 5.66. The van der Waals surface area contributed by atoms with Crippen molar-refractivity contribution < 1.29 is 34.0 Å². The van der Waals surface area contributed by atoms with Gasteiger partial charge >= 0.3 is 17.9 Å². The van der Waals surface area contributed by atoms with Crippen LogP contribution in [0.5, 0.6) is 0 Å². The number of nitrogens with zero attached hydrogens (tertiary/aromatic N) is 4. The summed E-state index contributed by atoms with van der Waals surface area (Å²) in [5.74, 6) is -1.33. The van der Waals surface area contributed by atoms with E-state index in [9.17, 15) is 19.5 Å². The lowest BCUT2D eigenvalue weighted by Gasteiger charge is -2.31. The largest absolute Gasteiger partial charge is 0.395 e. The Morgan fingerprint density at radius 1 is 0.667 bits per heavy atom. The van der Waals surface area contributed by atoms with Crippen molar-refractivity contribution in [3.63, 3.8) is 0 Å². The number of carbonyl (C=O) groups excluding carboxylic acids is 3. The van der Waals surface area contributed by atoms with Gasteiger partial charge in [0.1, 0.15) is 0 Å². The van der Waals surface area contributed by atoms with Crippen molar-refractivity contribution in [2.24, 2.45) is 0 Å². The summed E-state index contributed by atoms with van der Waals surface area (Å²) in [6.07, 6.45) is 0. The van der Waals surface area contributed by atoms with Crippen molar-refractivity contribution in [3.8, 4) is 0 Å². The third-order valence-corrected chi connectivity index (χ3v) is 3.72. The summed E-state index contributed by atoms with van der Waals surface area (Å²) in [5.41, 5.74) is 0. The van der Waals surface area contributed by atoms with Gasteiger partial charge in [0.2, 0.25) is 0 Å². The number of β-amino-alcohol motifs (C(OH)–C–C–N with tert-alkyl or cyclic N) is 1. The Hall–Kier alpha value is -1.79. The SMILES string of the molecule is CC(=O)ON1CCN(CCO)CCN(OC(C)=O)CCN(OC(C)=O)CC1. The Kier molecular flexibility index (Phi) is 10.8. The number of hydrogen-bond donors (Lipinski definition) is 1. The van der Waals surface area contributed by atoms with E-state index in [-0.39, 0.29) is 6.61 Å². The smallest absolute Gasteiger partial charge is 0.322 e. The van der Waals surface area contributed by atoms with Crippen molar-refractivity contribution in [2.75, 3.05) is 65.5 Å². The first-order chi connectivity index (χ1) is 12.8. The van der Waals surface area contributed by atoms with Gasteiger partial charge in [0, 0.05) is 53.5 Å². The van der Waals surface area contributed by atoms with Gasteiger partial charge < -0.3 is 19.6 Å². The molecule has 1 aliphatic heterocycles. The minimum Gasteiger partial charge on any atom is -0.395 e. The Morgan fingerprint density at radius 2 is 0.963 bits per heavy atom. The summed E-state index contributed by atoms with van der Waals surface area (Å²) in [6, 6.07) is 0. The molecular weight excluding hydrogens is 360 g/mol. The highest BCUT2D eigenvalue weighted by Crippen LogP contribution is 2.03. The Labute approximate surface area is 159 Å². The summed E-state index contributed by atoms with van der Waals surface area (Å²) in [6.45, 7) is 7.55. The highest BCUT2D eigenvalue weighted by Gasteiger charge is 2.20. The van der Waals surface area contributed by atoms with Gasteiger partial charge in [-0.15, -0.1) is 15.2 Å². The van der Waals surface area contributed by atoms with Gasteiger partial charge in [-0.05, 0) is 0 Å². The predicted molar refractivity (Wildman–Crippen MR) is 93.5 cm³/mol. The summed E-state index contributed by atoms with van der Waals surface area (Å²) >= 11 is 0. The number of aliphatic hydroxyl groups is 1. The Morgan fingerprint density at radius 3 is 1.22 bits per heavy atom. The van der Waals surface area contributed by atoms with Crippen molar-refractivity contribution in [1.29, 1.82) is 0 Å². The van der Waals surface area contributed by atoms with E-state index in [2.05, 4.69) is 0 Å². The van der Waals surface area contributed by atoms with Gasteiger partial charge in [-0.1, -0.05) is 0 Å². The zero-order valence-corrected chi connectivity index (χ0v) is 16.3. The van der Waals surface area contributed by atoms with Crippen molar-refractivity contribution in [3.05, 3.63) is 0 Å². The molecule has 0 atom stereocenters. The molecule has 1 N–H and O–H groups in total. The van der Waals surface area contributed by atoms with Gasteiger partial charge in [0.05, 0.1) is 32.8 Å². The van der Waals surface area contributed by atoms with E-state index in [1.807, 2.05) is 4.90 Å². The summed E-state index contributed by atoms with van der Waals surface area (Å²) < 4.78 is 0. The fourth-order valence-corrected chi connectivity index (χ4v) is 2.58. The number of hydrogen-bond acceptors (Lipinski definition) is 11. The van der Waals surface area contributed by atoms with E-state index >= 15 is 0 Å². The van der Waals surface area contributed by atoms with Crippen LogP contribution >= 0.6 is 0 Å². The molecular formula is C16H30N4O7. The molecule has 0 aromatic heterocycles. The predicted octanol–water partition coefficient (Wildman–Crippen LogP) is -1.37. The summed E-state index contributed by atoms with van der Waals surface area (Å²) in [5, 5.41) is 13.7. The first-order valence-electron chi connectivity index (χ1n) is 8.93. The van der Waals surface area contributed by atoms with E-state index in [0.717, 1.165) is 0 Å². The van der Waals surface area contributed by atoms with Gasteiger partial charge in [-0.25, -0.2) is 0 Å². The van der Waals surface area contributed by atoms with Crippen LogP contribution < -0.4 is 0 Å². The zero-order chi connectivity index (χ0) is 20.2. The Balaban J connectivity index is 2.85. The lowest BCUT2D eigenvalue weighted by atomic mass is 10.4. The van der Waals surface area contributed by atoms with Crippen LogP contribution in [0.4, 0.5) is 0 Å². The Bertz CT molecular complexity index is 459. The minimum atomic E-state index is -0.464. The molecule has 1 saturated heterocycles. The van der Waals surface area contributed by atoms with Crippen molar-refractivity contribution >= 4 is 17.9 Å². The maximum absolute atomic E-state index is 11.3. The van der Waals surface area contributed by atoms with Gasteiger partial charge in [0.15, 0.2) is 0 Å². The molecule has 1 aliphatic rings. The number of hydroxylamine groups is 6. The number of rotatable bonds is 5. The van der Waals surface area contributed by atoms with Crippen LogP contribution in [0, 0.1) is 0 Å². The molecule has 0 saturated carbocycles. The maximum atomic E-state index is 11.3. The molecule has 0 unspecified atom stereocenters. The molecule has 0 aromatic carbocycles. The number of aliphatic hydroxyl groups excluding tert-OH is 1. The average Bonchev–Trinajstić information content (AvgIpc) is 2.56. The fourth-order valence-electron chi connectivity index (χ4n) is 2.58. The molecule has 1 heterocycles. The van der Waals surface area contributed by atoms with Crippen LogP contribution in [0.1, 0.15) is 20.8 Å². The molecule has 11 heteroatoms. The molecule has 11 nitrogen and oxygen atoms in total. The van der Waals surface area contributed by atoms with Crippen LogP contribution in [-0.4, -0.2) is 109 Å². The van der Waals surface area contributed by atoms with E-state index in [1.54, 1.807) is 0 Å². The van der Waals surface area contributed by atoms with E-state index in [4.69, 9.17) is 14.5 Å². The van der Waals surface area contributed by atoms with Gasteiger partial charge in [-0.3, -0.25) is 19.3 Å². The zero-order valence-electron chi connectivity index (χ0n) is 16.3. The first-order valence-corrected chi connectivity index (χ1v) is 8.93. The standard InChI is InChI=1S/C16H30N4O7/c1-14(22)25-18-6-4-17(12-13-21)5-7-19(26-15(2)23)9-11-20(10-8-18)27-16(3)24/h21H,4-13H2,1-3H3. The lowest BCUT2D eigenvalue weighted by molar-refractivity contribution is -0.217. The lowest BCUT2D eigenvalue weighted by Crippen LogP contribution is -2.47. The molecule has 156 valence electrons. The van der Waals surface area contributed by atoms with Crippen molar-refractivity contribution in [1.82, 2.24) is 20.1 Å². The average molecular weight is 390 g/mol. The van der Waals surface area contributed by atoms with Crippen LogP contribution in [-0.2, 0) is 28.9 Å². The molecule has 0 aromatic rings. The molecule has 0 bridgehead atoms. The fraction of sp³-hybridized carbons (Fsp3) is 0.812. The highest BCUT2D eigenvalue weighted by atomic mass is 16.7. The second kappa shape index (κ2) is 12.6. The van der Waals surface area contributed by atoms with Crippen LogP contribution in [0.3, 0.4) is 0 Å². The van der Waals surface area contributed by atoms with E-state index < -0.39 is 17.9 Å². The maximum Gasteiger partial charge on any atom is 0.322 e. The molecule has 1 rings (SSSR count). The molecule has 0 amide bonds. The first kappa shape index (κ1) is 23.2. The van der Waals surface area contributed by atoms with Crippen LogP contribution in [0.2, 0.25) is 0 Å². The molecule has 0 spiro atoms. The minimum absolute atomic E-state index is 0.0125. The normalized spacial score (nSPS) is 19.6. The molecule has 0 radical (unpaired) electrons. The van der Waals surface area contributed by atoms with E-state index in [0.29, 0.717) is 58.9 Å². The summed E-state index contributed by atoms with van der Waals surface area (Å²) in [7, 11) is 0. The molecule has 27 heavy (non-hydrogen) atoms. The molecule has 0 aliphatic carbocycles. The third kappa shape index (κ3) is 10.8. The third-order valence-electron chi connectivity index (χ3n) is 3.72. The molecule has 1 fully saturated rings. The van der Waals surface area contributed by atoms with Gasteiger partial charge in [-0.2, -0.15) is 0 Å². The van der Waals surface area contributed by atoms with Crippen molar-refractivity contribution in [2.45, 2.75) is 20.8 Å². The van der Waals surface area contributed by atoms with E-state index in [1.165, 1.54) is 36.0 Å². The second-order valence-corrected chi connectivity index (χ2v) is 6.10.